The normalized spacial score (nSPS) is 19.0. The lowest BCUT2D eigenvalue weighted by molar-refractivity contribution is -0.121. The number of fused-ring (bicyclic) bond motifs is 1. The highest BCUT2D eigenvalue weighted by atomic mass is 32.2. The summed E-state index contributed by atoms with van der Waals surface area (Å²) >= 11 is 0. The van der Waals surface area contributed by atoms with E-state index < -0.39 is 10.0 Å². The lowest BCUT2D eigenvalue weighted by Crippen LogP contribution is -2.49. The summed E-state index contributed by atoms with van der Waals surface area (Å²) in [6.45, 7) is 5.22. The molecule has 1 fully saturated rings. The fourth-order valence-corrected chi connectivity index (χ4v) is 4.18. The Hall–Kier alpha value is -1.90. The number of ether oxygens (including phenoxy) is 1. The van der Waals surface area contributed by atoms with Gasteiger partial charge in [0.15, 0.2) is 0 Å². The molecule has 1 unspecified atom stereocenters. The van der Waals surface area contributed by atoms with Crippen molar-refractivity contribution in [1.29, 1.82) is 0 Å². The van der Waals surface area contributed by atoms with E-state index in [4.69, 9.17) is 9.15 Å². The van der Waals surface area contributed by atoms with Crippen LogP contribution in [-0.2, 0) is 26.0 Å². The number of benzene rings is 1. The molecule has 1 saturated heterocycles. The third-order valence-corrected chi connectivity index (χ3v) is 5.81. The van der Waals surface area contributed by atoms with Crippen molar-refractivity contribution in [2.75, 3.05) is 32.5 Å². The van der Waals surface area contributed by atoms with Crippen LogP contribution in [-0.4, -0.2) is 57.2 Å². The number of sulfonamides is 1. The fourth-order valence-electron chi connectivity index (χ4n) is 3.34. The Morgan fingerprint density at radius 2 is 2.12 bits per heavy atom. The van der Waals surface area contributed by atoms with Crippen molar-refractivity contribution in [2.24, 2.45) is 0 Å². The Kier molecular flexibility index (Phi) is 5.36. The molecule has 0 aliphatic carbocycles. The second-order valence-corrected chi connectivity index (χ2v) is 8.79. The molecule has 1 aliphatic heterocycles. The van der Waals surface area contributed by atoms with E-state index >= 15 is 0 Å². The van der Waals surface area contributed by atoms with Gasteiger partial charge in [0, 0.05) is 30.6 Å². The van der Waals surface area contributed by atoms with E-state index in [9.17, 15) is 13.2 Å². The molecule has 1 amide bonds. The van der Waals surface area contributed by atoms with Gasteiger partial charge in [0.2, 0.25) is 15.9 Å². The molecule has 1 aromatic carbocycles. The van der Waals surface area contributed by atoms with Crippen molar-refractivity contribution in [3.8, 4) is 0 Å². The summed E-state index contributed by atoms with van der Waals surface area (Å²) in [5, 5.41) is 3.81. The van der Waals surface area contributed by atoms with Crippen LogP contribution < -0.4 is 5.32 Å². The molecular weight excluding hydrogens is 356 g/mol. The van der Waals surface area contributed by atoms with E-state index in [-0.39, 0.29) is 31.5 Å². The number of nitrogens with one attached hydrogen (secondary N) is 1. The zero-order valence-electron chi connectivity index (χ0n) is 15.2. The number of furan rings is 1. The van der Waals surface area contributed by atoms with Crippen molar-refractivity contribution in [3.63, 3.8) is 0 Å². The minimum atomic E-state index is -3.24. The highest BCUT2D eigenvalue weighted by Crippen LogP contribution is 2.26. The molecule has 0 radical (unpaired) electrons. The molecule has 1 aromatic heterocycles. The van der Waals surface area contributed by atoms with Crippen molar-refractivity contribution in [2.45, 2.75) is 26.4 Å². The first-order valence-corrected chi connectivity index (χ1v) is 10.4. The molecule has 0 bridgehead atoms. The van der Waals surface area contributed by atoms with Crippen LogP contribution in [0.4, 0.5) is 0 Å². The largest absolute Gasteiger partial charge is 0.464 e. The molecule has 0 saturated carbocycles. The maximum atomic E-state index is 12.3. The number of rotatable bonds is 5. The molecule has 7 nitrogen and oxygen atoms in total. The Bertz CT molecular complexity index is 919. The SMILES string of the molecule is Cc1cc(C)c2c(CC(=O)NCC3CN(S(C)(=O)=O)CCO3)coc2c1. The summed E-state index contributed by atoms with van der Waals surface area (Å²) in [6.07, 6.45) is 2.67. The van der Waals surface area contributed by atoms with Crippen molar-refractivity contribution < 1.29 is 22.4 Å². The minimum Gasteiger partial charge on any atom is -0.464 e. The summed E-state index contributed by atoms with van der Waals surface area (Å²) in [4.78, 5) is 12.3. The fraction of sp³-hybridized carbons (Fsp3) is 0.500. The van der Waals surface area contributed by atoms with Crippen molar-refractivity contribution in [1.82, 2.24) is 9.62 Å². The van der Waals surface area contributed by atoms with Gasteiger partial charge in [-0.15, -0.1) is 0 Å². The number of amides is 1. The van der Waals surface area contributed by atoms with Crippen LogP contribution in [0, 0.1) is 13.8 Å². The van der Waals surface area contributed by atoms with Gasteiger partial charge in [0.1, 0.15) is 5.58 Å². The molecule has 2 aromatic rings. The highest BCUT2D eigenvalue weighted by Gasteiger charge is 2.26. The molecule has 26 heavy (non-hydrogen) atoms. The number of nitrogens with zero attached hydrogens (tertiary/aromatic N) is 1. The first-order valence-electron chi connectivity index (χ1n) is 8.55. The molecule has 8 heteroatoms. The molecule has 1 atom stereocenters. The zero-order chi connectivity index (χ0) is 18.9. The molecule has 3 rings (SSSR count). The van der Waals surface area contributed by atoms with E-state index in [1.807, 2.05) is 19.9 Å². The Labute approximate surface area is 153 Å². The smallest absolute Gasteiger partial charge is 0.224 e. The van der Waals surface area contributed by atoms with E-state index in [1.54, 1.807) is 6.26 Å². The van der Waals surface area contributed by atoms with Crippen LogP contribution in [0.15, 0.2) is 22.8 Å². The van der Waals surface area contributed by atoms with Crippen LogP contribution >= 0.6 is 0 Å². The van der Waals surface area contributed by atoms with Crippen LogP contribution in [0.3, 0.4) is 0 Å². The number of hydrogen-bond acceptors (Lipinski definition) is 5. The Balaban J connectivity index is 1.60. The van der Waals surface area contributed by atoms with Gasteiger partial charge in [-0.05, 0) is 31.0 Å². The number of carbonyl (C=O) groups is 1. The van der Waals surface area contributed by atoms with Gasteiger partial charge in [-0.2, -0.15) is 4.31 Å². The quantitative estimate of drug-likeness (QED) is 0.846. The second-order valence-electron chi connectivity index (χ2n) is 6.81. The van der Waals surface area contributed by atoms with Crippen molar-refractivity contribution >= 4 is 26.9 Å². The lowest BCUT2D eigenvalue weighted by Gasteiger charge is -2.31. The molecule has 1 aliphatic rings. The minimum absolute atomic E-state index is 0.146. The molecule has 2 heterocycles. The monoisotopic (exact) mass is 380 g/mol. The third kappa shape index (κ3) is 4.25. The molecule has 0 spiro atoms. The van der Waals surface area contributed by atoms with Gasteiger partial charge in [0.05, 0.1) is 31.7 Å². The highest BCUT2D eigenvalue weighted by molar-refractivity contribution is 7.88. The molecule has 142 valence electrons. The Morgan fingerprint density at radius 1 is 1.35 bits per heavy atom. The average Bonchev–Trinajstić information content (AvgIpc) is 2.95. The summed E-state index contributed by atoms with van der Waals surface area (Å²) in [5.41, 5.74) is 3.82. The standard InChI is InChI=1S/C18H24N2O5S/c1-12-6-13(2)18-14(11-25-16(18)7-12)8-17(21)19-9-15-10-20(4-5-24-15)26(3,22)23/h6-7,11,15H,4-5,8-10H2,1-3H3,(H,19,21). The second kappa shape index (κ2) is 7.38. The van der Waals surface area contributed by atoms with Crippen molar-refractivity contribution in [3.05, 3.63) is 35.1 Å². The van der Waals surface area contributed by atoms with E-state index in [0.717, 1.165) is 27.7 Å². The summed E-state index contributed by atoms with van der Waals surface area (Å²) in [7, 11) is -3.24. The first kappa shape index (κ1) is 18.9. The van der Waals surface area contributed by atoms with E-state index in [1.165, 1.54) is 10.6 Å². The van der Waals surface area contributed by atoms with Crippen LogP contribution in [0.5, 0.6) is 0 Å². The van der Waals surface area contributed by atoms with Gasteiger partial charge < -0.3 is 14.5 Å². The van der Waals surface area contributed by atoms with Crippen LogP contribution in [0.1, 0.15) is 16.7 Å². The number of morpholine rings is 1. The topological polar surface area (TPSA) is 88.9 Å². The lowest BCUT2D eigenvalue weighted by atomic mass is 10.0. The van der Waals surface area contributed by atoms with E-state index in [2.05, 4.69) is 11.4 Å². The number of carbonyl (C=O) groups excluding carboxylic acids is 1. The summed E-state index contributed by atoms with van der Waals surface area (Å²) in [5.74, 6) is -0.146. The number of aryl methyl sites for hydroxylation is 2. The van der Waals surface area contributed by atoms with Crippen LogP contribution in [0.2, 0.25) is 0 Å². The van der Waals surface area contributed by atoms with Gasteiger partial charge in [-0.1, -0.05) is 6.07 Å². The third-order valence-electron chi connectivity index (χ3n) is 4.54. The van der Waals surface area contributed by atoms with E-state index in [0.29, 0.717) is 13.2 Å². The summed E-state index contributed by atoms with van der Waals surface area (Å²) in [6, 6.07) is 4.02. The van der Waals surface area contributed by atoms with Crippen LogP contribution in [0.25, 0.3) is 11.0 Å². The predicted octanol–water partition coefficient (Wildman–Crippen LogP) is 1.37. The molecule has 1 N–H and O–H groups in total. The maximum absolute atomic E-state index is 12.3. The number of hydrogen-bond donors (Lipinski definition) is 1. The van der Waals surface area contributed by atoms with Gasteiger partial charge in [-0.25, -0.2) is 8.42 Å². The first-order chi connectivity index (χ1) is 12.2. The van der Waals surface area contributed by atoms with Gasteiger partial charge >= 0.3 is 0 Å². The predicted molar refractivity (Wildman–Crippen MR) is 98.6 cm³/mol. The molecular formula is C18H24N2O5S. The van der Waals surface area contributed by atoms with Gasteiger partial charge in [-0.3, -0.25) is 4.79 Å². The zero-order valence-corrected chi connectivity index (χ0v) is 16.1. The Morgan fingerprint density at radius 3 is 2.85 bits per heavy atom. The van der Waals surface area contributed by atoms with Gasteiger partial charge in [0.25, 0.3) is 0 Å². The maximum Gasteiger partial charge on any atom is 0.224 e. The summed E-state index contributed by atoms with van der Waals surface area (Å²) < 4.78 is 35.8. The average molecular weight is 380 g/mol.